The summed E-state index contributed by atoms with van der Waals surface area (Å²) in [6.07, 6.45) is 4.38. The van der Waals surface area contributed by atoms with Crippen LogP contribution in [0.2, 0.25) is 0 Å². The summed E-state index contributed by atoms with van der Waals surface area (Å²) in [4.78, 5) is 41.0. The maximum Gasteiger partial charge on any atom is 0.249 e. The molecule has 0 saturated heterocycles. The number of rotatable bonds is 7. The first-order chi connectivity index (χ1) is 18.0. The van der Waals surface area contributed by atoms with Gasteiger partial charge in [-0.05, 0) is 69.5 Å². The number of pyridine rings is 2. The first-order valence-electron chi connectivity index (χ1n) is 11.9. The van der Waals surface area contributed by atoms with Crippen LogP contribution < -0.4 is 16.9 Å². The fraction of sp³-hybridized carbons (Fsp3) is 0.0645. The lowest BCUT2D eigenvalue weighted by atomic mass is 9.91. The predicted octanol–water partition coefficient (Wildman–Crippen LogP) is 4.68. The Kier molecular flexibility index (Phi) is 6.64. The molecule has 0 unspecified atom stereocenters. The van der Waals surface area contributed by atoms with Crippen LogP contribution in [-0.4, -0.2) is 15.9 Å². The second-order valence-electron chi connectivity index (χ2n) is 8.95. The van der Waals surface area contributed by atoms with E-state index in [0.29, 0.717) is 18.4 Å². The highest BCUT2D eigenvalue weighted by Gasteiger charge is 2.15. The van der Waals surface area contributed by atoms with Gasteiger partial charge in [0.05, 0.1) is 0 Å². The molecule has 0 aliphatic carbocycles. The monoisotopic (exact) mass is 487 g/mol. The van der Waals surface area contributed by atoms with Crippen LogP contribution in [0.4, 0.5) is 0 Å². The molecule has 0 aliphatic rings. The van der Waals surface area contributed by atoms with Gasteiger partial charge in [-0.25, -0.2) is 0 Å². The number of primary amides is 1. The lowest BCUT2D eigenvalue weighted by molar-refractivity contribution is 0.0998. The van der Waals surface area contributed by atoms with E-state index in [4.69, 9.17) is 5.73 Å². The molecule has 4 N–H and O–H groups in total. The first-order valence-corrected chi connectivity index (χ1v) is 11.9. The van der Waals surface area contributed by atoms with E-state index < -0.39 is 5.91 Å². The third kappa shape index (κ3) is 5.49. The second-order valence-corrected chi connectivity index (χ2v) is 8.95. The van der Waals surface area contributed by atoms with Crippen molar-refractivity contribution < 1.29 is 4.79 Å². The summed E-state index contributed by atoms with van der Waals surface area (Å²) in [6, 6.07) is 28.6. The van der Waals surface area contributed by atoms with Crippen LogP contribution in [0.3, 0.4) is 0 Å². The molecule has 2 heterocycles. The van der Waals surface area contributed by atoms with Gasteiger partial charge in [-0.15, -0.1) is 0 Å². The summed E-state index contributed by atoms with van der Waals surface area (Å²) < 4.78 is 0. The molecule has 0 bridgehead atoms. The van der Waals surface area contributed by atoms with Crippen molar-refractivity contribution >= 4 is 5.91 Å². The molecular weight excluding hydrogens is 462 g/mol. The summed E-state index contributed by atoms with van der Waals surface area (Å²) in [5.41, 5.74) is 13.5. The van der Waals surface area contributed by atoms with Crippen molar-refractivity contribution in [2.75, 3.05) is 0 Å². The van der Waals surface area contributed by atoms with Crippen molar-refractivity contribution in [1.29, 1.82) is 0 Å². The maximum absolute atomic E-state index is 12.5. The molecule has 37 heavy (non-hydrogen) atoms. The van der Waals surface area contributed by atoms with Gasteiger partial charge in [0.2, 0.25) is 17.0 Å². The van der Waals surface area contributed by atoms with Crippen LogP contribution in [0.25, 0.3) is 22.3 Å². The average Bonchev–Trinajstić information content (AvgIpc) is 2.89. The smallest absolute Gasteiger partial charge is 0.249 e. The number of nitrogens with one attached hydrogen (secondary N) is 2. The summed E-state index contributed by atoms with van der Waals surface area (Å²) in [6.45, 7) is 0. The Balaban J connectivity index is 1.38. The molecule has 5 aromatic rings. The zero-order valence-electron chi connectivity index (χ0n) is 20.0. The minimum absolute atomic E-state index is 0.144. The Labute approximate surface area is 213 Å². The fourth-order valence-corrected chi connectivity index (χ4v) is 4.58. The van der Waals surface area contributed by atoms with Crippen molar-refractivity contribution in [3.05, 3.63) is 152 Å². The quantitative estimate of drug-likeness (QED) is 0.310. The first kappa shape index (κ1) is 23.8. The highest BCUT2D eigenvalue weighted by atomic mass is 16.1. The van der Waals surface area contributed by atoms with E-state index in [1.165, 1.54) is 0 Å². The van der Waals surface area contributed by atoms with Crippen molar-refractivity contribution in [3.63, 3.8) is 0 Å². The van der Waals surface area contributed by atoms with Crippen molar-refractivity contribution in [3.8, 4) is 22.3 Å². The number of carbonyl (C=O) groups excluding carboxylic acids is 1. The highest BCUT2D eigenvalue weighted by Crippen LogP contribution is 2.24. The van der Waals surface area contributed by atoms with Gasteiger partial charge in [0.15, 0.2) is 0 Å². The lowest BCUT2D eigenvalue weighted by Gasteiger charge is -2.13. The standard InChI is InChI=1S/C31H25N3O3/c32-31(37)30-26(16-20-4-8-22(9-5-20)24-12-14-33-28(35)18-24)2-1-3-27(30)17-21-6-10-23(11-7-21)25-13-15-34-29(36)19-25/h1-15,18-19H,16-17H2,(H2,32,37)(H,33,35)(H,34,36). The van der Waals surface area contributed by atoms with Gasteiger partial charge in [0.1, 0.15) is 0 Å². The number of carbonyl (C=O) groups is 1. The van der Waals surface area contributed by atoms with Crippen LogP contribution in [0, 0.1) is 0 Å². The van der Waals surface area contributed by atoms with Gasteiger partial charge >= 0.3 is 0 Å². The minimum atomic E-state index is -0.453. The number of amides is 1. The van der Waals surface area contributed by atoms with Crippen LogP contribution >= 0.6 is 0 Å². The second kappa shape index (κ2) is 10.3. The lowest BCUT2D eigenvalue weighted by Crippen LogP contribution is -2.17. The van der Waals surface area contributed by atoms with E-state index in [1.54, 1.807) is 24.5 Å². The Morgan fingerprint density at radius 1 is 0.595 bits per heavy atom. The Morgan fingerprint density at radius 2 is 1.03 bits per heavy atom. The molecule has 2 aromatic heterocycles. The van der Waals surface area contributed by atoms with E-state index in [9.17, 15) is 14.4 Å². The van der Waals surface area contributed by atoms with E-state index in [1.807, 2.05) is 78.9 Å². The molecular formula is C31H25N3O3. The Bertz CT molecular complexity index is 1560. The predicted molar refractivity (Wildman–Crippen MR) is 146 cm³/mol. The number of aromatic amines is 2. The minimum Gasteiger partial charge on any atom is -0.366 e. The van der Waals surface area contributed by atoms with Crippen molar-refractivity contribution in [1.82, 2.24) is 9.97 Å². The van der Waals surface area contributed by atoms with E-state index in [-0.39, 0.29) is 11.1 Å². The summed E-state index contributed by atoms with van der Waals surface area (Å²) >= 11 is 0. The average molecular weight is 488 g/mol. The molecule has 6 heteroatoms. The number of benzene rings is 3. The van der Waals surface area contributed by atoms with Crippen LogP contribution in [-0.2, 0) is 12.8 Å². The Hall–Kier alpha value is -4.97. The zero-order chi connectivity index (χ0) is 25.8. The number of hydrogen-bond acceptors (Lipinski definition) is 3. The van der Waals surface area contributed by atoms with Crippen LogP contribution in [0.1, 0.15) is 32.6 Å². The highest BCUT2D eigenvalue weighted by molar-refractivity contribution is 5.96. The molecule has 182 valence electrons. The van der Waals surface area contributed by atoms with Crippen molar-refractivity contribution in [2.24, 2.45) is 5.73 Å². The molecule has 5 rings (SSSR count). The normalized spacial score (nSPS) is 10.8. The van der Waals surface area contributed by atoms with Gasteiger partial charge in [-0.2, -0.15) is 0 Å². The van der Waals surface area contributed by atoms with Gasteiger partial charge in [-0.1, -0.05) is 66.7 Å². The molecule has 0 radical (unpaired) electrons. The van der Waals surface area contributed by atoms with Crippen LogP contribution in [0.5, 0.6) is 0 Å². The van der Waals surface area contributed by atoms with Gasteiger partial charge in [0.25, 0.3) is 0 Å². The summed E-state index contributed by atoms with van der Waals surface area (Å²) in [7, 11) is 0. The zero-order valence-corrected chi connectivity index (χ0v) is 20.0. The van der Waals surface area contributed by atoms with E-state index in [2.05, 4.69) is 9.97 Å². The fourth-order valence-electron chi connectivity index (χ4n) is 4.58. The number of nitrogens with two attached hydrogens (primary N) is 1. The molecule has 0 atom stereocenters. The number of aromatic nitrogens is 2. The molecule has 0 spiro atoms. The van der Waals surface area contributed by atoms with Gasteiger partial charge in [-0.3, -0.25) is 14.4 Å². The van der Waals surface area contributed by atoms with E-state index in [0.717, 1.165) is 44.5 Å². The number of hydrogen-bond donors (Lipinski definition) is 3. The molecule has 0 fully saturated rings. The topological polar surface area (TPSA) is 109 Å². The summed E-state index contributed by atoms with van der Waals surface area (Å²) in [5, 5.41) is 0. The molecule has 6 nitrogen and oxygen atoms in total. The largest absolute Gasteiger partial charge is 0.366 e. The van der Waals surface area contributed by atoms with Gasteiger partial charge in [0, 0.05) is 30.1 Å². The third-order valence-electron chi connectivity index (χ3n) is 6.40. The van der Waals surface area contributed by atoms with E-state index >= 15 is 0 Å². The molecule has 3 aromatic carbocycles. The molecule has 0 aliphatic heterocycles. The SMILES string of the molecule is NC(=O)c1c(Cc2ccc(-c3cc[nH]c(=O)c3)cc2)cccc1Cc1ccc(-c2cc[nH]c(=O)c2)cc1. The van der Waals surface area contributed by atoms with Gasteiger partial charge < -0.3 is 15.7 Å². The maximum atomic E-state index is 12.5. The number of H-pyrrole nitrogens is 2. The van der Waals surface area contributed by atoms with Crippen molar-refractivity contribution in [2.45, 2.75) is 12.8 Å². The Morgan fingerprint density at radius 3 is 1.41 bits per heavy atom. The molecule has 0 saturated carbocycles. The third-order valence-corrected chi connectivity index (χ3v) is 6.40. The van der Waals surface area contributed by atoms with Crippen LogP contribution in [0.15, 0.2) is 113 Å². The summed E-state index contributed by atoms with van der Waals surface area (Å²) in [5.74, 6) is -0.453. The molecule has 1 amide bonds.